The van der Waals surface area contributed by atoms with E-state index in [1.807, 2.05) is 19.9 Å². The third-order valence-corrected chi connectivity index (χ3v) is 5.33. The molecule has 0 aliphatic carbocycles. The summed E-state index contributed by atoms with van der Waals surface area (Å²) in [5.74, 6) is 0. The van der Waals surface area contributed by atoms with E-state index >= 15 is 0 Å². The van der Waals surface area contributed by atoms with Crippen LogP contribution in [0, 0.1) is 25.2 Å². The second kappa shape index (κ2) is 8.98. The van der Waals surface area contributed by atoms with Crippen LogP contribution in [0.4, 0.5) is 5.69 Å². The first-order valence-corrected chi connectivity index (χ1v) is 9.74. The number of nitriles is 1. The average Bonchev–Trinajstić information content (AvgIpc) is 2.67. The van der Waals surface area contributed by atoms with Gasteiger partial charge in [0.15, 0.2) is 0 Å². The standard InChI is InChI=1S/C22H29N5/c1-4-26-9-11-27(12-10-26)16-20-8-6-5-7-19(20)15-24-22-13-17(2)25-18(3)21(22)14-23/h5-8,13H,4,9-12,15-16H2,1-3H3,(H,24,25). The highest BCUT2D eigenvalue weighted by molar-refractivity contribution is 5.60. The molecule has 0 bridgehead atoms. The number of aromatic nitrogens is 1. The van der Waals surface area contributed by atoms with Crippen LogP contribution in [0.15, 0.2) is 30.3 Å². The maximum Gasteiger partial charge on any atom is 0.103 e. The fraction of sp³-hybridized carbons (Fsp3) is 0.455. The molecular formula is C22H29N5. The van der Waals surface area contributed by atoms with E-state index in [-0.39, 0.29) is 0 Å². The fourth-order valence-electron chi connectivity index (χ4n) is 3.69. The molecule has 1 aliphatic rings. The Kier molecular flexibility index (Phi) is 6.44. The van der Waals surface area contributed by atoms with E-state index in [0.29, 0.717) is 12.1 Å². The molecule has 0 amide bonds. The van der Waals surface area contributed by atoms with Gasteiger partial charge in [-0.2, -0.15) is 5.26 Å². The summed E-state index contributed by atoms with van der Waals surface area (Å²) in [4.78, 5) is 9.43. The topological polar surface area (TPSA) is 55.2 Å². The molecule has 1 N–H and O–H groups in total. The largest absolute Gasteiger partial charge is 0.380 e. The number of aryl methyl sites for hydroxylation is 2. The zero-order valence-corrected chi connectivity index (χ0v) is 16.6. The normalized spacial score (nSPS) is 15.5. The Labute approximate surface area is 162 Å². The zero-order valence-electron chi connectivity index (χ0n) is 16.6. The molecule has 0 spiro atoms. The molecule has 0 saturated carbocycles. The summed E-state index contributed by atoms with van der Waals surface area (Å²) in [7, 11) is 0. The molecule has 1 fully saturated rings. The number of piperazine rings is 1. The monoisotopic (exact) mass is 363 g/mol. The van der Waals surface area contributed by atoms with Gasteiger partial charge in [-0.25, -0.2) is 0 Å². The zero-order chi connectivity index (χ0) is 19.2. The molecule has 1 saturated heterocycles. The van der Waals surface area contributed by atoms with Crippen LogP contribution in [-0.4, -0.2) is 47.5 Å². The van der Waals surface area contributed by atoms with Crippen molar-refractivity contribution in [3.8, 4) is 6.07 Å². The predicted molar refractivity (Wildman–Crippen MR) is 110 cm³/mol. The quantitative estimate of drug-likeness (QED) is 0.853. The number of nitrogens with one attached hydrogen (secondary N) is 1. The Morgan fingerprint density at radius 1 is 1.07 bits per heavy atom. The highest BCUT2D eigenvalue weighted by atomic mass is 15.3. The van der Waals surface area contributed by atoms with Gasteiger partial charge in [0.25, 0.3) is 0 Å². The highest BCUT2D eigenvalue weighted by Gasteiger charge is 2.16. The van der Waals surface area contributed by atoms with Crippen LogP contribution < -0.4 is 5.32 Å². The van der Waals surface area contributed by atoms with E-state index in [4.69, 9.17) is 0 Å². The van der Waals surface area contributed by atoms with E-state index in [1.165, 1.54) is 11.1 Å². The highest BCUT2D eigenvalue weighted by Crippen LogP contribution is 2.21. The Bertz CT molecular complexity index is 816. The van der Waals surface area contributed by atoms with Crippen molar-refractivity contribution in [2.24, 2.45) is 0 Å². The third kappa shape index (κ3) is 4.85. The van der Waals surface area contributed by atoms with Crippen molar-refractivity contribution < 1.29 is 0 Å². The summed E-state index contributed by atoms with van der Waals surface area (Å²) in [6.45, 7) is 13.5. The molecule has 0 atom stereocenters. The van der Waals surface area contributed by atoms with Crippen molar-refractivity contribution in [1.82, 2.24) is 14.8 Å². The number of benzene rings is 1. The average molecular weight is 364 g/mol. The van der Waals surface area contributed by atoms with E-state index in [9.17, 15) is 5.26 Å². The molecule has 142 valence electrons. The number of anilines is 1. The maximum absolute atomic E-state index is 9.46. The molecule has 2 aromatic rings. The minimum absolute atomic E-state index is 0.633. The number of pyridine rings is 1. The summed E-state index contributed by atoms with van der Waals surface area (Å²) in [5.41, 5.74) is 5.85. The van der Waals surface area contributed by atoms with Crippen LogP contribution in [-0.2, 0) is 13.1 Å². The molecule has 0 radical (unpaired) electrons. The molecule has 1 aromatic carbocycles. The second-order valence-corrected chi connectivity index (χ2v) is 7.22. The van der Waals surface area contributed by atoms with Crippen molar-refractivity contribution in [1.29, 1.82) is 5.26 Å². The van der Waals surface area contributed by atoms with Gasteiger partial charge in [0.1, 0.15) is 6.07 Å². The minimum Gasteiger partial charge on any atom is -0.380 e. The van der Waals surface area contributed by atoms with Gasteiger partial charge >= 0.3 is 0 Å². The molecular weight excluding hydrogens is 334 g/mol. The Morgan fingerprint density at radius 2 is 1.74 bits per heavy atom. The number of hydrogen-bond acceptors (Lipinski definition) is 5. The van der Waals surface area contributed by atoms with Gasteiger partial charge in [-0.1, -0.05) is 31.2 Å². The van der Waals surface area contributed by atoms with E-state index < -0.39 is 0 Å². The van der Waals surface area contributed by atoms with Gasteiger partial charge in [-0.3, -0.25) is 9.88 Å². The Balaban J connectivity index is 1.70. The molecule has 5 heteroatoms. The number of rotatable bonds is 6. The third-order valence-electron chi connectivity index (χ3n) is 5.33. The van der Waals surface area contributed by atoms with Crippen LogP contribution in [0.3, 0.4) is 0 Å². The molecule has 1 aromatic heterocycles. The van der Waals surface area contributed by atoms with Crippen molar-refractivity contribution in [3.05, 3.63) is 58.4 Å². The van der Waals surface area contributed by atoms with Gasteiger partial charge in [-0.15, -0.1) is 0 Å². The van der Waals surface area contributed by atoms with Crippen molar-refractivity contribution in [2.75, 3.05) is 38.0 Å². The van der Waals surface area contributed by atoms with Crippen molar-refractivity contribution in [2.45, 2.75) is 33.9 Å². The van der Waals surface area contributed by atoms with E-state index in [0.717, 1.165) is 56.3 Å². The van der Waals surface area contributed by atoms with Crippen LogP contribution in [0.1, 0.15) is 35.0 Å². The molecule has 0 unspecified atom stereocenters. The summed E-state index contributed by atoms with van der Waals surface area (Å²) in [6.07, 6.45) is 0. The van der Waals surface area contributed by atoms with E-state index in [2.05, 4.69) is 57.4 Å². The lowest BCUT2D eigenvalue weighted by Gasteiger charge is -2.34. The summed E-state index contributed by atoms with van der Waals surface area (Å²) < 4.78 is 0. The van der Waals surface area contributed by atoms with Crippen molar-refractivity contribution in [3.63, 3.8) is 0 Å². The minimum atomic E-state index is 0.633. The molecule has 3 rings (SSSR count). The lowest BCUT2D eigenvalue weighted by Crippen LogP contribution is -2.45. The molecule has 1 aliphatic heterocycles. The first-order chi connectivity index (χ1) is 13.1. The number of nitrogens with zero attached hydrogens (tertiary/aromatic N) is 4. The van der Waals surface area contributed by atoms with E-state index in [1.54, 1.807) is 0 Å². The summed E-state index contributed by atoms with van der Waals surface area (Å²) in [6, 6.07) is 12.8. The van der Waals surface area contributed by atoms with Gasteiger partial charge < -0.3 is 10.2 Å². The second-order valence-electron chi connectivity index (χ2n) is 7.22. The van der Waals surface area contributed by atoms with Crippen molar-refractivity contribution >= 4 is 5.69 Å². The van der Waals surface area contributed by atoms with Gasteiger partial charge in [0.2, 0.25) is 0 Å². The number of likely N-dealkylation sites (N-methyl/N-ethyl adjacent to an activating group) is 1. The Hall–Kier alpha value is -2.42. The molecule has 27 heavy (non-hydrogen) atoms. The van der Waals surface area contributed by atoms with Gasteiger partial charge in [0.05, 0.1) is 16.9 Å². The van der Waals surface area contributed by atoms with Crippen LogP contribution in [0.2, 0.25) is 0 Å². The Morgan fingerprint density at radius 3 is 2.41 bits per heavy atom. The molecule has 5 nitrogen and oxygen atoms in total. The predicted octanol–water partition coefficient (Wildman–Crippen LogP) is 3.32. The maximum atomic E-state index is 9.46. The van der Waals surface area contributed by atoms with Gasteiger partial charge in [0, 0.05) is 45.0 Å². The summed E-state index contributed by atoms with van der Waals surface area (Å²) >= 11 is 0. The molecule has 2 heterocycles. The lowest BCUT2D eigenvalue weighted by atomic mass is 10.1. The van der Waals surface area contributed by atoms with Crippen LogP contribution in [0.5, 0.6) is 0 Å². The SMILES string of the molecule is CCN1CCN(Cc2ccccc2CNc2cc(C)nc(C)c2C#N)CC1. The summed E-state index contributed by atoms with van der Waals surface area (Å²) in [5, 5.41) is 12.9. The van der Waals surface area contributed by atoms with Gasteiger partial charge in [-0.05, 0) is 37.6 Å². The first-order valence-electron chi connectivity index (χ1n) is 9.74. The lowest BCUT2D eigenvalue weighted by molar-refractivity contribution is 0.131. The smallest absolute Gasteiger partial charge is 0.103 e. The fourth-order valence-corrected chi connectivity index (χ4v) is 3.69. The first kappa shape index (κ1) is 19.3. The number of hydrogen-bond donors (Lipinski definition) is 1. The van der Waals surface area contributed by atoms with Crippen LogP contribution >= 0.6 is 0 Å². The van der Waals surface area contributed by atoms with Crippen LogP contribution in [0.25, 0.3) is 0 Å².